The molecule has 0 aliphatic carbocycles. The van der Waals surface area contributed by atoms with Gasteiger partial charge in [0.15, 0.2) is 0 Å². The number of aryl methyl sites for hydroxylation is 2. The van der Waals surface area contributed by atoms with Crippen LogP contribution in [0.2, 0.25) is 0 Å². The highest BCUT2D eigenvalue weighted by atomic mass is 16.5. The number of hydrogen-bond donors (Lipinski definition) is 1. The highest BCUT2D eigenvalue weighted by molar-refractivity contribution is 5.92. The Morgan fingerprint density at radius 2 is 2.33 bits per heavy atom. The SMILES string of the molecule is COCCn1ccc(C(=O)N2CCOCC2c2c(C)n[nH]c2C)n1. The van der Waals surface area contributed by atoms with Gasteiger partial charge in [-0.15, -0.1) is 0 Å². The largest absolute Gasteiger partial charge is 0.383 e. The molecule has 0 bridgehead atoms. The molecule has 0 saturated carbocycles. The molecule has 1 unspecified atom stereocenters. The molecule has 8 heteroatoms. The molecule has 1 fully saturated rings. The van der Waals surface area contributed by atoms with E-state index in [9.17, 15) is 4.79 Å². The fourth-order valence-electron chi connectivity index (χ4n) is 3.07. The number of aromatic amines is 1. The van der Waals surface area contributed by atoms with Crippen molar-refractivity contribution >= 4 is 5.91 Å². The summed E-state index contributed by atoms with van der Waals surface area (Å²) in [7, 11) is 1.64. The van der Waals surface area contributed by atoms with E-state index in [1.165, 1.54) is 0 Å². The summed E-state index contributed by atoms with van der Waals surface area (Å²) in [4.78, 5) is 14.8. The lowest BCUT2D eigenvalue weighted by atomic mass is 10.0. The van der Waals surface area contributed by atoms with Gasteiger partial charge in [-0.05, 0) is 19.9 Å². The Labute approximate surface area is 140 Å². The Balaban J connectivity index is 1.82. The molecule has 1 atom stereocenters. The number of aromatic nitrogens is 4. The molecule has 1 amide bonds. The van der Waals surface area contributed by atoms with Gasteiger partial charge in [-0.2, -0.15) is 10.2 Å². The first-order valence-electron chi connectivity index (χ1n) is 8.04. The van der Waals surface area contributed by atoms with E-state index in [0.29, 0.717) is 38.6 Å². The zero-order valence-corrected chi connectivity index (χ0v) is 14.3. The van der Waals surface area contributed by atoms with Crippen LogP contribution < -0.4 is 0 Å². The van der Waals surface area contributed by atoms with Crippen LogP contribution in [0.1, 0.15) is 33.5 Å². The lowest BCUT2D eigenvalue weighted by molar-refractivity contribution is -0.00338. The molecule has 1 aliphatic heterocycles. The van der Waals surface area contributed by atoms with E-state index >= 15 is 0 Å². The van der Waals surface area contributed by atoms with Crippen molar-refractivity contribution < 1.29 is 14.3 Å². The number of amides is 1. The van der Waals surface area contributed by atoms with Crippen molar-refractivity contribution in [2.45, 2.75) is 26.4 Å². The molecule has 24 heavy (non-hydrogen) atoms. The highest BCUT2D eigenvalue weighted by Gasteiger charge is 2.33. The van der Waals surface area contributed by atoms with Gasteiger partial charge in [0.25, 0.3) is 5.91 Å². The zero-order chi connectivity index (χ0) is 17.1. The van der Waals surface area contributed by atoms with Gasteiger partial charge in [-0.1, -0.05) is 0 Å². The van der Waals surface area contributed by atoms with Gasteiger partial charge in [-0.25, -0.2) is 0 Å². The van der Waals surface area contributed by atoms with Crippen molar-refractivity contribution in [2.24, 2.45) is 0 Å². The standard InChI is InChI=1S/C16H23N5O3/c1-11-15(12(2)18-17-11)14-10-24-9-7-21(14)16(22)13-4-5-20(19-13)6-8-23-3/h4-5,14H,6-10H2,1-3H3,(H,17,18). The topological polar surface area (TPSA) is 85.3 Å². The molecular weight excluding hydrogens is 310 g/mol. The third kappa shape index (κ3) is 3.20. The van der Waals surface area contributed by atoms with Crippen LogP contribution in [0.15, 0.2) is 12.3 Å². The Morgan fingerprint density at radius 1 is 1.50 bits per heavy atom. The van der Waals surface area contributed by atoms with Crippen LogP contribution in [0.5, 0.6) is 0 Å². The summed E-state index contributed by atoms with van der Waals surface area (Å²) in [5.74, 6) is -0.0838. The van der Waals surface area contributed by atoms with Gasteiger partial charge < -0.3 is 14.4 Å². The lowest BCUT2D eigenvalue weighted by Gasteiger charge is -2.35. The van der Waals surface area contributed by atoms with Crippen molar-refractivity contribution in [2.75, 3.05) is 33.5 Å². The number of hydrogen-bond acceptors (Lipinski definition) is 5. The summed E-state index contributed by atoms with van der Waals surface area (Å²) in [5, 5.41) is 11.6. The van der Waals surface area contributed by atoms with Gasteiger partial charge >= 0.3 is 0 Å². The summed E-state index contributed by atoms with van der Waals surface area (Å²) in [6.45, 7) is 6.62. The van der Waals surface area contributed by atoms with Gasteiger partial charge in [-0.3, -0.25) is 14.6 Å². The van der Waals surface area contributed by atoms with Crippen LogP contribution in [0.3, 0.4) is 0 Å². The first-order valence-corrected chi connectivity index (χ1v) is 8.04. The van der Waals surface area contributed by atoms with E-state index < -0.39 is 0 Å². The number of morpholine rings is 1. The van der Waals surface area contributed by atoms with Crippen LogP contribution in [-0.4, -0.2) is 64.3 Å². The second kappa shape index (κ2) is 7.14. The van der Waals surface area contributed by atoms with Crippen molar-refractivity contribution in [3.05, 3.63) is 34.9 Å². The zero-order valence-electron chi connectivity index (χ0n) is 14.3. The smallest absolute Gasteiger partial charge is 0.275 e. The molecule has 8 nitrogen and oxygen atoms in total. The van der Waals surface area contributed by atoms with Crippen LogP contribution in [-0.2, 0) is 16.0 Å². The molecule has 0 radical (unpaired) electrons. The summed E-state index contributed by atoms with van der Waals surface area (Å²) < 4.78 is 12.4. The second-order valence-electron chi connectivity index (χ2n) is 5.89. The fraction of sp³-hybridized carbons (Fsp3) is 0.562. The predicted molar refractivity (Wildman–Crippen MR) is 86.8 cm³/mol. The fourth-order valence-corrected chi connectivity index (χ4v) is 3.07. The van der Waals surface area contributed by atoms with E-state index in [2.05, 4.69) is 15.3 Å². The van der Waals surface area contributed by atoms with Crippen molar-refractivity contribution in [3.8, 4) is 0 Å². The van der Waals surface area contributed by atoms with Crippen molar-refractivity contribution in [1.29, 1.82) is 0 Å². The molecule has 1 N–H and O–H groups in total. The number of methoxy groups -OCH3 is 1. The van der Waals surface area contributed by atoms with E-state index in [-0.39, 0.29) is 11.9 Å². The first-order chi connectivity index (χ1) is 11.6. The van der Waals surface area contributed by atoms with Crippen LogP contribution in [0.25, 0.3) is 0 Å². The van der Waals surface area contributed by atoms with Crippen LogP contribution in [0, 0.1) is 13.8 Å². The monoisotopic (exact) mass is 333 g/mol. The van der Waals surface area contributed by atoms with Crippen LogP contribution in [0.4, 0.5) is 0 Å². The molecule has 2 aromatic heterocycles. The van der Waals surface area contributed by atoms with Crippen molar-refractivity contribution in [3.63, 3.8) is 0 Å². The molecule has 1 aliphatic rings. The molecule has 130 valence electrons. The Kier molecular flexibility index (Phi) is 4.96. The summed E-state index contributed by atoms with van der Waals surface area (Å²) in [6, 6.07) is 1.61. The third-order valence-corrected chi connectivity index (χ3v) is 4.29. The Morgan fingerprint density at radius 3 is 3.04 bits per heavy atom. The quantitative estimate of drug-likeness (QED) is 0.885. The minimum atomic E-state index is -0.144. The number of nitrogens with zero attached hydrogens (tertiary/aromatic N) is 4. The lowest BCUT2D eigenvalue weighted by Crippen LogP contribution is -2.44. The first kappa shape index (κ1) is 16.7. The van der Waals surface area contributed by atoms with Gasteiger partial charge in [0.2, 0.25) is 0 Å². The van der Waals surface area contributed by atoms with Gasteiger partial charge in [0, 0.05) is 31.1 Å². The Hall–Kier alpha value is -2.19. The molecule has 3 heterocycles. The molecule has 3 rings (SSSR count). The van der Waals surface area contributed by atoms with Gasteiger partial charge in [0.1, 0.15) is 5.69 Å². The van der Waals surface area contributed by atoms with E-state index in [0.717, 1.165) is 17.0 Å². The average Bonchev–Trinajstić information content (AvgIpc) is 3.19. The molecular formula is C16H23N5O3. The van der Waals surface area contributed by atoms with E-state index in [4.69, 9.17) is 9.47 Å². The Bertz CT molecular complexity index is 689. The maximum absolute atomic E-state index is 12.9. The summed E-state index contributed by atoms with van der Waals surface area (Å²) in [6.07, 6.45) is 1.80. The van der Waals surface area contributed by atoms with E-state index in [1.807, 2.05) is 18.7 Å². The third-order valence-electron chi connectivity index (χ3n) is 4.29. The predicted octanol–water partition coefficient (Wildman–Crippen LogP) is 1.08. The number of rotatable bonds is 5. The number of carbonyl (C=O) groups is 1. The number of carbonyl (C=O) groups excluding carboxylic acids is 1. The summed E-state index contributed by atoms with van der Waals surface area (Å²) in [5.41, 5.74) is 3.33. The highest BCUT2D eigenvalue weighted by Crippen LogP contribution is 2.29. The molecule has 2 aromatic rings. The number of nitrogens with one attached hydrogen (secondary N) is 1. The number of ether oxygens (including phenoxy) is 2. The molecule has 1 saturated heterocycles. The van der Waals surface area contributed by atoms with E-state index in [1.54, 1.807) is 24.1 Å². The minimum Gasteiger partial charge on any atom is -0.383 e. The normalized spacial score (nSPS) is 18.1. The van der Waals surface area contributed by atoms with Gasteiger partial charge in [0.05, 0.1) is 38.1 Å². The maximum atomic E-state index is 12.9. The van der Waals surface area contributed by atoms with Crippen molar-refractivity contribution in [1.82, 2.24) is 24.9 Å². The summed E-state index contributed by atoms with van der Waals surface area (Å²) >= 11 is 0. The number of H-pyrrole nitrogens is 1. The molecule has 0 aromatic carbocycles. The second-order valence-corrected chi connectivity index (χ2v) is 5.89. The molecule has 0 spiro atoms. The average molecular weight is 333 g/mol. The van der Waals surface area contributed by atoms with Crippen LogP contribution >= 0.6 is 0 Å². The minimum absolute atomic E-state index is 0.0838. The maximum Gasteiger partial charge on any atom is 0.275 e.